The van der Waals surface area contributed by atoms with Gasteiger partial charge in [-0.15, -0.1) is 0 Å². The number of ether oxygens (including phenoxy) is 3. The smallest absolute Gasteiger partial charge is 0.408 e. The number of hydrogen-bond donors (Lipinski definition) is 1. The van der Waals surface area contributed by atoms with E-state index >= 15 is 0 Å². The quantitative estimate of drug-likeness (QED) is 0.745. The highest BCUT2D eigenvalue weighted by Gasteiger charge is 2.28. The van der Waals surface area contributed by atoms with Gasteiger partial charge < -0.3 is 24.1 Å². The molecule has 0 fully saturated rings. The highest BCUT2D eigenvalue weighted by Crippen LogP contribution is 2.29. The Kier molecular flexibility index (Phi) is 6.95. The van der Waals surface area contributed by atoms with Crippen LogP contribution in [0.3, 0.4) is 0 Å². The fraction of sp³-hybridized carbons (Fsp3) is 0.455. The van der Waals surface area contributed by atoms with Gasteiger partial charge in [-0.1, -0.05) is 6.07 Å². The van der Waals surface area contributed by atoms with Crippen LogP contribution in [0.25, 0.3) is 5.69 Å². The van der Waals surface area contributed by atoms with Crippen molar-refractivity contribution in [3.8, 4) is 11.4 Å². The lowest BCUT2D eigenvalue weighted by molar-refractivity contribution is -0.143. The number of rotatable bonds is 6. The van der Waals surface area contributed by atoms with E-state index < -0.39 is 23.7 Å². The third-order valence-electron chi connectivity index (χ3n) is 4.43. The van der Waals surface area contributed by atoms with Gasteiger partial charge in [0, 0.05) is 23.4 Å². The first-order valence-electron chi connectivity index (χ1n) is 9.46. The predicted molar refractivity (Wildman–Crippen MR) is 111 cm³/mol. The summed E-state index contributed by atoms with van der Waals surface area (Å²) in [5, 5.41) is 2.63. The van der Waals surface area contributed by atoms with Crippen molar-refractivity contribution in [2.45, 2.75) is 52.7 Å². The first-order chi connectivity index (χ1) is 13.6. The van der Waals surface area contributed by atoms with E-state index in [0.717, 1.165) is 22.6 Å². The molecule has 1 heterocycles. The number of carbonyl (C=O) groups excluding carboxylic acids is 2. The molecule has 158 valence electrons. The van der Waals surface area contributed by atoms with Crippen molar-refractivity contribution in [3.05, 3.63) is 47.3 Å². The summed E-state index contributed by atoms with van der Waals surface area (Å²) in [5.74, 6) is 0.0588. The number of nitrogens with one attached hydrogen (secondary N) is 1. The van der Waals surface area contributed by atoms with Crippen molar-refractivity contribution in [2.24, 2.45) is 0 Å². The maximum Gasteiger partial charge on any atom is 0.408 e. The summed E-state index contributed by atoms with van der Waals surface area (Å²) < 4.78 is 17.9. The molecule has 7 heteroatoms. The van der Waals surface area contributed by atoms with Crippen molar-refractivity contribution in [2.75, 3.05) is 14.2 Å². The Labute approximate surface area is 172 Å². The Hall–Kier alpha value is -2.96. The fourth-order valence-electron chi connectivity index (χ4n) is 3.20. The van der Waals surface area contributed by atoms with E-state index in [0.29, 0.717) is 5.75 Å². The molecule has 7 nitrogen and oxygen atoms in total. The Morgan fingerprint density at radius 3 is 2.21 bits per heavy atom. The molecule has 1 N–H and O–H groups in total. The number of nitrogens with zero attached hydrogens (tertiary/aromatic N) is 1. The Morgan fingerprint density at radius 2 is 1.69 bits per heavy atom. The molecule has 2 rings (SSSR count). The molecule has 0 saturated carbocycles. The first kappa shape index (κ1) is 22.3. The maximum atomic E-state index is 12.4. The normalized spacial score (nSPS) is 12.2. The van der Waals surface area contributed by atoms with Gasteiger partial charge in [0.25, 0.3) is 0 Å². The molecule has 29 heavy (non-hydrogen) atoms. The molecule has 1 aromatic carbocycles. The molecule has 0 saturated heterocycles. The minimum absolute atomic E-state index is 0.183. The Morgan fingerprint density at radius 1 is 1.07 bits per heavy atom. The van der Waals surface area contributed by atoms with Crippen LogP contribution in [0.5, 0.6) is 5.75 Å². The average Bonchev–Trinajstić information content (AvgIpc) is 2.97. The van der Waals surface area contributed by atoms with Gasteiger partial charge in [-0.3, -0.25) is 0 Å². The van der Waals surface area contributed by atoms with Crippen LogP contribution in [-0.2, 0) is 20.7 Å². The summed E-state index contributed by atoms with van der Waals surface area (Å²) in [4.78, 5) is 24.7. The molecule has 0 unspecified atom stereocenters. The summed E-state index contributed by atoms with van der Waals surface area (Å²) in [6.07, 6.45) is -0.500. The number of carbonyl (C=O) groups is 2. The van der Waals surface area contributed by atoms with Crippen molar-refractivity contribution in [3.63, 3.8) is 0 Å². The molecule has 0 spiro atoms. The molecular formula is C22H30N2O5. The topological polar surface area (TPSA) is 78.8 Å². The largest absolute Gasteiger partial charge is 0.496 e. The second-order valence-electron chi connectivity index (χ2n) is 7.84. The molecule has 1 atom stereocenters. The summed E-state index contributed by atoms with van der Waals surface area (Å²) in [6.45, 7) is 9.29. The van der Waals surface area contributed by atoms with Gasteiger partial charge in [-0.2, -0.15) is 0 Å². The Balaban J connectivity index is 2.45. The highest BCUT2D eigenvalue weighted by molar-refractivity contribution is 5.82. The summed E-state index contributed by atoms with van der Waals surface area (Å²) in [5.41, 5.74) is 3.08. The van der Waals surface area contributed by atoms with E-state index in [2.05, 4.69) is 9.88 Å². The molecule has 1 amide bonds. The van der Waals surface area contributed by atoms with Crippen LogP contribution >= 0.6 is 0 Å². The molecule has 0 aliphatic heterocycles. The number of esters is 1. The van der Waals surface area contributed by atoms with Crippen molar-refractivity contribution in [1.82, 2.24) is 9.88 Å². The Bertz CT molecular complexity index is 860. The van der Waals surface area contributed by atoms with Gasteiger partial charge in [-0.25, -0.2) is 9.59 Å². The van der Waals surface area contributed by atoms with E-state index in [9.17, 15) is 9.59 Å². The second-order valence-corrected chi connectivity index (χ2v) is 7.84. The van der Waals surface area contributed by atoms with Gasteiger partial charge in [0.05, 0.1) is 19.9 Å². The van der Waals surface area contributed by atoms with E-state index in [1.54, 1.807) is 27.9 Å². The van der Waals surface area contributed by atoms with Crippen LogP contribution in [0.2, 0.25) is 0 Å². The van der Waals surface area contributed by atoms with Crippen LogP contribution in [0, 0.1) is 13.8 Å². The van der Waals surface area contributed by atoms with Crippen LogP contribution in [0.15, 0.2) is 30.3 Å². The minimum Gasteiger partial charge on any atom is -0.496 e. The van der Waals surface area contributed by atoms with Crippen molar-refractivity contribution < 1.29 is 23.8 Å². The van der Waals surface area contributed by atoms with Gasteiger partial charge in [-0.05, 0) is 58.9 Å². The second kappa shape index (κ2) is 9.03. The van der Waals surface area contributed by atoms with Gasteiger partial charge in [0.2, 0.25) is 0 Å². The number of aryl methyl sites for hydroxylation is 2. The van der Waals surface area contributed by atoms with Crippen LogP contribution < -0.4 is 10.1 Å². The van der Waals surface area contributed by atoms with Crippen LogP contribution in [0.1, 0.15) is 37.7 Å². The van der Waals surface area contributed by atoms with Crippen LogP contribution in [0.4, 0.5) is 4.79 Å². The van der Waals surface area contributed by atoms with E-state index in [-0.39, 0.29) is 6.42 Å². The zero-order valence-corrected chi connectivity index (χ0v) is 18.2. The van der Waals surface area contributed by atoms with Crippen LogP contribution in [-0.4, -0.2) is 42.5 Å². The van der Waals surface area contributed by atoms with Gasteiger partial charge in [0.15, 0.2) is 0 Å². The number of amides is 1. The molecule has 1 aromatic heterocycles. The summed E-state index contributed by atoms with van der Waals surface area (Å²) in [6, 6.07) is 8.80. The minimum atomic E-state index is -0.930. The lowest BCUT2D eigenvalue weighted by Crippen LogP contribution is -2.45. The third kappa shape index (κ3) is 5.53. The number of aromatic nitrogens is 1. The molecule has 0 radical (unpaired) electrons. The number of alkyl carbamates (subject to hydrolysis) is 1. The molecule has 2 aromatic rings. The van der Waals surface area contributed by atoms with E-state index in [4.69, 9.17) is 14.2 Å². The SMILES string of the molecule is COC(=O)[C@H](Cc1c(OC)cccc1-n1c(C)ccc1C)NC(=O)OC(C)(C)C. The zero-order chi connectivity index (χ0) is 21.8. The number of methoxy groups -OCH3 is 2. The van der Waals surface area contributed by atoms with Crippen molar-refractivity contribution >= 4 is 12.1 Å². The number of hydrogen-bond acceptors (Lipinski definition) is 5. The lowest BCUT2D eigenvalue weighted by Gasteiger charge is -2.24. The fourth-order valence-corrected chi connectivity index (χ4v) is 3.20. The summed E-state index contributed by atoms with van der Waals surface area (Å²) >= 11 is 0. The molecule has 0 aliphatic carbocycles. The highest BCUT2D eigenvalue weighted by atomic mass is 16.6. The molecule has 0 aliphatic rings. The van der Waals surface area contributed by atoms with Gasteiger partial charge >= 0.3 is 12.1 Å². The maximum absolute atomic E-state index is 12.4. The predicted octanol–water partition coefficient (Wildman–Crippen LogP) is 3.71. The number of benzene rings is 1. The third-order valence-corrected chi connectivity index (χ3v) is 4.43. The molecule has 0 bridgehead atoms. The summed E-state index contributed by atoms with van der Waals surface area (Å²) in [7, 11) is 2.86. The zero-order valence-electron chi connectivity index (χ0n) is 18.2. The monoisotopic (exact) mass is 402 g/mol. The first-order valence-corrected chi connectivity index (χ1v) is 9.46. The average molecular weight is 402 g/mol. The van der Waals surface area contributed by atoms with Gasteiger partial charge in [0.1, 0.15) is 17.4 Å². The van der Waals surface area contributed by atoms with E-state index in [1.807, 2.05) is 44.2 Å². The standard InChI is InChI=1S/C22H30N2O5/c1-14-11-12-15(2)24(14)18-9-8-10-19(27-6)16(18)13-17(20(25)28-7)23-21(26)29-22(3,4)5/h8-12,17H,13H2,1-7H3,(H,23,26)/t17-/m0/s1. The lowest BCUT2D eigenvalue weighted by atomic mass is 10.0. The molecular weight excluding hydrogens is 372 g/mol. The van der Waals surface area contributed by atoms with Crippen molar-refractivity contribution in [1.29, 1.82) is 0 Å². The van der Waals surface area contributed by atoms with E-state index in [1.165, 1.54) is 7.11 Å².